The van der Waals surface area contributed by atoms with Crippen LogP contribution in [0.4, 0.5) is 0 Å². The van der Waals surface area contributed by atoms with Crippen molar-refractivity contribution in [2.45, 2.75) is 26.0 Å². The molecule has 1 aromatic rings. The summed E-state index contributed by atoms with van der Waals surface area (Å²) in [6.07, 6.45) is -0.639. The van der Waals surface area contributed by atoms with Gasteiger partial charge in [-0.1, -0.05) is 19.9 Å². The molecule has 1 rings (SSSR count). The van der Waals surface area contributed by atoms with Gasteiger partial charge >= 0.3 is 0 Å². The lowest BCUT2D eigenvalue weighted by Gasteiger charge is -2.25. The van der Waals surface area contributed by atoms with Crippen LogP contribution in [0.1, 0.15) is 25.5 Å². The number of nitrogens with two attached hydrogens (primary N) is 1. The maximum Gasteiger partial charge on any atom is 0.127 e. The zero-order valence-electron chi connectivity index (χ0n) is 10.8. The third-order valence-corrected chi connectivity index (χ3v) is 2.85. The van der Waals surface area contributed by atoms with E-state index >= 15 is 0 Å². The van der Waals surface area contributed by atoms with Gasteiger partial charge in [-0.3, -0.25) is 0 Å². The minimum absolute atomic E-state index is 0.0691. The molecule has 17 heavy (non-hydrogen) atoms. The number of ether oxygens (including phenoxy) is 2. The second-order valence-electron chi connectivity index (χ2n) is 4.34. The molecule has 0 aromatic heterocycles. The highest BCUT2D eigenvalue weighted by molar-refractivity contribution is 5.47. The number of hydrogen-bond donors (Lipinski definition) is 2. The van der Waals surface area contributed by atoms with Crippen LogP contribution in [0.3, 0.4) is 0 Å². The number of methoxy groups -OCH3 is 2. The van der Waals surface area contributed by atoms with Crippen molar-refractivity contribution in [1.82, 2.24) is 0 Å². The zero-order valence-corrected chi connectivity index (χ0v) is 10.8. The average Bonchev–Trinajstić information content (AvgIpc) is 2.35. The minimum Gasteiger partial charge on any atom is -0.496 e. The fourth-order valence-electron chi connectivity index (χ4n) is 1.79. The Balaban J connectivity index is 3.18. The van der Waals surface area contributed by atoms with Crippen molar-refractivity contribution < 1.29 is 14.6 Å². The molecule has 96 valence electrons. The van der Waals surface area contributed by atoms with Gasteiger partial charge in [0, 0.05) is 0 Å². The molecule has 0 spiro atoms. The average molecular weight is 239 g/mol. The molecule has 0 saturated heterocycles. The molecule has 4 nitrogen and oxygen atoms in total. The first-order chi connectivity index (χ1) is 8.02. The molecule has 0 bridgehead atoms. The van der Waals surface area contributed by atoms with Crippen molar-refractivity contribution in [3.63, 3.8) is 0 Å². The van der Waals surface area contributed by atoms with Gasteiger partial charge in [-0.15, -0.1) is 0 Å². The summed E-state index contributed by atoms with van der Waals surface area (Å²) in [5.41, 5.74) is 6.79. The molecule has 0 aliphatic carbocycles. The normalized spacial score (nSPS) is 14.5. The van der Waals surface area contributed by atoms with Crippen molar-refractivity contribution in [1.29, 1.82) is 0 Å². The molecule has 0 aliphatic rings. The Bertz CT molecular complexity index is 343. The summed E-state index contributed by atoms with van der Waals surface area (Å²) < 4.78 is 10.5. The Morgan fingerprint density at radius 3 is 1.94 bits per heavy atom. The molecule has 4 heteroatoms. The topological polar surface area (TPSA) is 64.7 Å². The molecule has 0 saturated carbocycles. The fourth-order valence-corrected chi connectivity index (χ4v) is 1.79. The summed E-state index contributed by atoms with van der Waals surface area (Å²) in [6, 6.07) is 4.92. The molecule has 0 aliphatic heterocycles. The first kappa shape index (κ1) is 13.8. The first-order valence-corrected chi connectivity index (χ1v) is 5.67. The van der Waals surface area contributed by atoms with Gasteiger partial charge in [0.15, 0.2) is 0 Å². The summed E-state index contributed by atoms with van der Waals surface area (Å²) in [5, 5.41) is 10.1. The lowest BCUT2D eigenvalue weighted by molar-refractivity contribution is 0.0959. The van der Waals surface area contributed by atoms with Crippen molar-refractivity contribution in [2.75, 3.05) is 14.2 Å². The van der Waals surface area contributed by atoms with Gasteiger partial charge in [0.05, 0.1) is 31.9 Å². The third-order valence-electron chi connectivity index (χ3n) is 2.85. The summed E-state index contributed by atoms with van der Waals surface area (Å²) in [6.45, 7) is 3.85. The number of benzene rings is 1. The number of hydrogen-bond acceptors (Lipinski definition) is 4. The Morgan fingerprint density at radius 1 is 1.12 bits per heavy atom. The van der Waals surface area contributed by atoms with Gasteiger partial charge in [0.2, 0.25) is 0 Å². The Morgan fingerprint density at radius 2 is 1.59 bits per heavy atom. The largest absolute Gasteiger partial charge is 0.496 e. The highest BCUT2D eigenvalue weighted by atomic mass is 16.5. The summed E-state index contributed by atoms with van der Waals surface area (Å²) in [5.74, 6) is 1.34. The number of rotatable bonds is 5. The monoisotopic (exact) mass is 239 g/mol. The molecule has 2 atom stereocenters. The van der Waals surface area contributed by atoms with Crippen LogP contribution >= 0.6 is 0 Å². The molecule has 3 N–H and O–H groups in total. The zero-order chi connectivity index (χ0) is 13.0. The minimum atomic E-state index is -0.639. The summed E-state index contributed by atoms with van der Waals surface area (Å²) >= 11 is 0. The standard InChI is InChI=1S/C13H21NO3/c1-8(2)13(15)12(14)11-9(16-3)6-5-7-10(11)17-4/h5-8,12-13,15H,14H2,1-4H3/t12-,13+/m1/s1. The van der Waals surface area contributed by atoms with E-state index in [0.717, 1.165) is 0 Å². The number of aliphatic hydroxyl groups excluding tert-OH is 1. The fraction of sp³-hybridized carbons (Fsp3) is 0.538. The molecule has 0 amide bonds. The van der Waals surface area contributed by atoms with Crippen LogP contribution in [0.25, 0.3) is 0 Å². The quantitative estimate of drug-likeness (QED) is 0.821. The van der Waals surface area contributed by atoms with Crippen LogP contribution in [-0.2, 0) is 0 Å². The van der Waals surface area contributed by atoms with E-state index in [1.165, 1.54) is 0 Å². The van der Waals surface area contributed by atoms with Crippen LogP contribution in [0.15, 0.2) is 18.2 Å². The van der Waals surface area contributed by atoms with Crippen LogP contribution in [0, 0.1) is 5.92 Å². The second kappa shape index (κ2) is 5.89. The second-order valence-corrected chi connectivity index (χ2v) is 4.34. The van der Waals surface area contributed by atoms with Crippen molar-refractivity contribution in [3.05, 3.63) is 23.8 Å². The first-order valence-electron chi connectivity index (χ1n) is 5.67. The van der Waals surface area contributed by atoms with E-state index in [4.69, 9.17) is 15.2 Å². The van der Waals surface area contributed by atoms with E-state index in [-0.39, 0.29) is 5.92 Å². The van der Waals surface area contributed by atoms with Crippen LogP contribution < -0.4 is 15.2 Å². The Kier molecular flexibility index (Phi) is 4.78. The van der Waals surface area contributed by atoms with Crippen LogP contribution in [-0.4, -0.2) is 25.4 Å². The van der Waals surface area contributed by atoms with Crippen LogP contribution in [0.5, 0.6) is 11.5 Å². The van der Waals surface area contributed by atoms with Gasteiger partial charge in [0.25, 0.3) is 0 Å². The van der Waals surface area contributed by atoms with E-state index in [9.17, 15) is 5.11 Å². The van der Waals surface area contributed by atoms with Crippen molar-refractivity contribution in [3.8, 4) is 11.5 Å². The maximum absolute atomic E-state index is 10.1. The Hall–Kier alpha value is -1.26. The van der Waals surface area contributed by atoms with Crippen LogP contribution in [0.2, 0.25) is 0 Å². The van der Waals surface area contributed by atoms with E-state index in [2.05, 4.69) is 0 Å². The van der Waals surface area contributed by atoms with Gasteiger partial charge < -0.3 is 20.3 Å². The molecule has 0 heterocycles. The van der Waals surface area contributed by atoms with Gasteiger partial charge in [-0.25, -0.2) is 0 Å². The van der Waals surface area contributed by atoms with E-state index in [1.807, 2.05) is 32.0 Å². The van der Waals surface area contributed by atoms with Gasteiger partial charge in [-0.2, -0.15) is 0 Å². The van der Waals surface area contributed by atoms with E-state index < -0.39 is 12.1 Å². The van der Waals surface area contributed by atoms with Crippen molar-refractivity contribution in [2.24, 2.45) is 11.7 Å². The SMILES string of the molecule is COc1cccc(OC)c1[C@@H](N)[C@@H](O)C(C)C. The lowest BCUT2D eigenvalue weighted by atomic mass is 9.93. The van der Waals surface area contributed by atoms with Gasteiger partial charge in [0.1, 0.15) is 11.5 Å². The van der Waals surface area contributed by atoms with Crippen molar-refractivity contribution >= 4 is 0 Å². The highest BCUT2D eigenvalue weighted by Gasteiger charge is 2.26. The van der Waals surface area contributed by atoms with E-state index in [0.29, 0.717) is 17.1 Å². The lowest BCUT2D eigenvalue weighted by Crippen LogP contribution is -2.31. The third kappa shape index (κ3) is 2.90. The molecular weight excluding hydrogens is 218 g/mol. The predicted molar refractivity (Wildman–Crippen MR) is 67.3 cm³/mol. The predicted octanol–water partition coefficient (Wildman–Crippen LogP) is 1.72. The van der Waals surface area contributed by atoms with E-state index in [1.54, 1.807) is 14.2 Å². The molecule has 1 aromatic carbocycles. The summed E-state index contributed by atoms with van der Waals surface area (Å²) in [7, 11) is 3.15. The molecule has 0 unspecified atom stereocenters. The molecular formula is C13H21NO3. The van der Waals surface area contributed by atoms with Gasteiger partial charge in [-0.05, 0) is 18.1 Å². The molecule has 0 radical (unpaired) electrons. The Labute approximate surface area is 102 Å². The smallest absolute Gasteiger partial charge is 0.127 e. The number of aliphatic hydroxyl groups is 1. The molecule has 0 fully saturated rings. The summed E-state index contributed by atoms with van der Waals surface area (Å²) in [4.78, 5) is 0. The highest BCUT2D eigenvalue weighted by Crippen LogP contribution is 2.35. The maximum atomic E-state index is 10.1.